The summed E-state index contributed by atoms with van der Waals surface area (Å²) in [7, 11) is 0. The number of carbonyl (C=O) groups is 1. The lowest BCUT2D eigenvalue weighted by atomic mass is 9.94. The van der Waals surface area contributed by atoms with E-state index in [1.54, 1.807) is 18.5 Å². The van der Waals surface area contributed by atoms with Gasteiger partial charge in [0.2, 0.25) is 5.91 Å². The van der Waals surface area contributed by atoms with E-state index in [2.05, 4.69) is 15.3 Å². The molecule has 0 aliphatic carbocycles. The molecule has 2 N–H and O–H groups in total. The minimum atomic E-state index is -0.694. The molecule has 0 radical (unpaired) electrons. The Labute approximate surface area is 212 Å². The van der Waals surface area contributed by atoms with E-state index in [-0.39, 0.29) is 18.7 Å². The molecule has 186 valence electrons. The lowest BCUT2D eigenvalue weighted by molar-refractivity contribution is -0.121. The fraction of sp³-hybridized carbons (Fsp3) is 0.133. The molecule has 2 aromatic heterocycles. The van der Waals surface area contributed by atoms with Gasteiger partial charge in [-0.05, 0) is 66.4 Å². The minimum absolute atomic E-state index is 0.00984. The Hall–Kier alpha value is -4.39. The number of rotatable bonds is 7. The number of fused-ring (bicyclic) bond motifs is 1. The van der Waals surface area contributed by atoms with Crippen molar-refractivity contribution in [1.82, 2.24) is 15.3 Å². The lowest BCUT2D eigenvalue weighted by Crippen LogP contribution is -2.32. The third kappa shape index (κ3) is 5.56. The van der Waals surface area contributed by atoms with Crippen LogP contribution in [0.15, 0.2) is 85.2 Å². The van der Waals surface area contributed by atoms with Gasteiger partial charge in [0.05, 0.1) is 18.2 Å². The monoisotopic (exact) mass is 499 g/mol. The number of aromatic amines is 1. The van der Waals surface area contributed by atoms with Crippen LogP contribution < -0.4 is 5.32 Å². The number of nitrogens with zero attached hydrogens (tertiary/aromatic N) is 1. The molecular formula is C30H24F3N3O. The molecule has 0 fully saturated rings. The van der Waals surface area contributed by atoms with Gasteiger partial charge in [0.1, 0.15) is 17.5 Å². The first-order valence-electron chi connectivity index (χ1n) is 11.9. The van der Waals surface area contributed by atoms with E-state index in [4.69, 9.17) is 0 Å². The molecule has 4 nitrogen and oxygen atoms in total. The molecule has 0 aliphatic rings. The van der Waals surface area contributed by atoms with Crippen molar-refractivity contribution in [2.75, 3.05) is 0 Å². The molecule has 3 aromatic carbocycles. The lowest BCUT2D eigenvalue weighted by Gasteiger charge is -2.22. The fourth-order valence-electron chi connectivity index (χ4n) is 4.65. The summed E-state index contributed by atoms with van der Waals surface area (Å²) in [6.45, 7) is 1.98. The van der Waals surface area contributed by atoms with E-state index in [1.165, 1.54) is 24.3 Å². The smallest absolute Gasteiger partial charge is 0.225 e. The molecule has 0 spiro atoms. The number of amides is 1. The number of pyridine rings is 1. The highest BCUT2D eigenvalue weighted by Crippen LogP contribution is 2.30. The maximum absolute atomic E-state index is 14.0. The number of H-pyrrole nitrogens is 1. The van der Waals surface area contributed by atoms with E-state index in [1.807, 2.05) is 43.3 Å². The Morgan fingerprint density at radius 2 is 1.76 bits per heavy atom. The number of hydrogen-bond acceptors (Lipinski definition) is 2. The van der Waals surface area contributed by atoms with Gasteiger partial charge in [-0.15, -0.1) is 0 Å². The second kappa shape index (κ2) is 10.3. The van der Waals surface area contributed by atoms with Crippen LogP contribution in [0.2, 0.25) is 0 Å². The van der Waals surface area contributed by atoms with Crippen LogP contribution in [0.25, 0.3) is 22.0 Å². The Balaban J connectivity index is 1.50. The van der Waals surface area contributed by atoms with Gasteiger partial charge in [0.25, 0.3) is 0 Å². The van der Waals surface area contributed by atoms with E-state index in [0.29, 0.717) is 22.2 Å². The summed E-state index contributed by atoms with van der Waals surface area (Å²) < 4.78 is 41.8. The first-order valence-corrected chi connectivity index (χ1v) is 11.9. The van der Waals surface area contributed by atoms with Crippen LogP contribution in [0.5, 0.6) is 0 Å². The molecule has 1 atom stereocenters. The molecule has 0 saturated heterocycles. The summed E-state index contributed by atoms with van der Waals surface area (Å²) in [5.74, 6) is -2.11. The van der Waals surface area contributed by atoms with Gasteiger partial charge < -0.3 is 10.3 Å². The van der Waals surface area contributed by atoms with Crippen molar-refractivity contribution >= 4 is 16.8 Å². The van der Waals surface area contributed by atoms with Crippen molar-refractivity contribution < 1.29 is 18.0 Å². The van der Waals surface area contributed by atoms with Crippen LogP contribution >= 0.6 is 0 Å². The minimum Gasteiger partial charge on any atom is -0.361 e. The largest absolute Gasteiger partial charge is 0.361 e. The van der Waals surface area contributed by atoms with Gasteiger partial charge in [-0.25, -0.2) is 13.2 Å². The van der Waals surface area contributed by atoms with Crippen molar-refractivity contribution in [2.24, 2.45) is 0 Å². The zero-order valence-corrected chi connectivity index (χ0v) is 20.1. The Morgan fingerprint density at radius 3 is 2.54 bits per heavy atom. The Morgan fingerprint density at radius 1 is 0.946 bits per heavy atom. The molecule has 37 heavy (non-hydrogen) atoms. The Bertz CT molecular complexity index is 1570. The van der Waals surface area contributed by atoms with Crippen LogP contribution in [0.4, 0.5) is 13.2 Å². The van der Waals surface area contributed by atoms with Crippen molar-refractivity contribution in [3.63, 3.8) is 0 Å². The van der Waals surface area contributed by atoms with E-state index in [9.17, 15) is 18.0 Å². The molecular weight excluding hydrogens is 475 g/mol. The fourth-order valence-corrected chi connectivity index (χ4v) is 4.65. The van der Waals surface area contributed by atoms with Crippen LogP contribution in [0, 0.1) is 24.4 Å². The number of aromatic nitrogens is 2. The van der Waals surface area contributed by atoms with Gasteiger partial charge in [-0.1, -0.05) is 35.9 Å². The maximum Gasteiger partial charge on any atom is 0.225 e. The molecule has 0 aliphatic heterocycles. The molecule has 5 rings (SSSR count). The van der Waals surface area contributed by atoms with E-state index in [0.717, 1.165) is 28.3 Å². The summed E-state index contributed by atoms with van der Waals surface area (Å²) in [5.41, 5.74) is 5.12. The number of carbonyl (C=O) groups excluding carboxylic acids is 1. The molecule has 0 bridgehead atoms. The number of hydrogen-bond donors (Lipinski definition) is 2. The summed E-state index contributed by atoms with van der Waals surface area (Å²) in [6, 6.07) is 18.6. The highest BCUT2D eigenvalue weighted by Gasteiger charge is 2.22. The number of aryl methyl sites for hydroxylation is 1. The third-order valence-corrected chi connectivity index (χ3v) is 6.28. The first kappa shape index (κ1) is 24.3. The zero-order chi connectivity index (χ0) is 25.9. The standard InChI is InChI=1S/C30H24F3N3O/c1-18-4-2-5-20(10-18)25-6-3-9-34-30(25)28(13-19-11-23(32)15-24(33)12-19)36-29(37)14-21-17-35-27-8-7-22(31)16-26(21)27/h2-12,15-17,28,35H,13-14H2,1H3,(H,36,37)/t28-/m0/s1. The topological polar surface area (TPSA) is 57.8 Å². The molecule has 0 saturated carbocycles. The van der Waals surface area contributed by atoms with E-state index < -0.39 is 23.5 Å². The van der Waals surface area contributed by atoms with Crippen molar-refractivity contribution in [2.45, 2.75) is 25.8 Å². The number of benzene rings is 3. The molecule has 1 amide bonds. The summed E-state index contributed by atoms with van der Waals surface area (Å²) in [4.78, 5) is 20.9. The molecule has 7 heteroatoms. The summed E-state index contributed by atoms with van der Waals surface area (Å²) in [5, 5.41) is 3.63. The highest BCUT2D eigenvalue weighted by atomic mass is 19.1. The van der Waals surface area contributed by atoms with Gasteiger partial charge in [0.15, 0.2) is 0 Å². The van der Waals surface area contributed by atoms with Gasteiger partial charge in [-0.2, -0.15) is 0 Å². The summed E-state index contributed by atoms with van der Waals surface area (Å²) in [6.07, 6.45) is 3.42. The molecule has 5 aromatic rings. The SMILES string of the molecule is Cc1cccc(-c2cccnc2[C@H](Cc2cc(F)cc(F)c2)NC(=O)Cc2c[nH]c3ccc(F)cc23)c1. The quantitative estimate of drug-likeness (QED) is 0.265. The average Bonchev–Trinajstić information content (AvgIpc) is 3.24. The van der Waals surface area contributed by atoms with Crippen LogP contribution in [-0.2, 0) is 17.6 Å². The second-order valence-electron chi connectivity index (χ2n) is 9.09. The van der Waals surface area contributed by atoms with E-state index >= 15 is 0 Å². The number of halogens is 3. The Kier molecular flexibility index (Phi) is 6.77. The van der Waals surface area contributed by atoms with Crippen LogP contribution in [0.1, 0.15) is 28.4 Å². The average molecular weight is 500 g/mol. The van der Waals surface area contributed by atoms with Gasteiger partial charge in [-0.3, -0.25) is 9.78 Å². The molecule has 0 unspecified atom stereocenters. The van der Waals surface area contributed by atoms with Crippen molar-refractivity contribution in [3.05, 3.63) is 125 Å². The summed E-state index contributed by atoms with van der Waals surface area (Å²) >= 11 is 0. The zero-order valence-electron chi connectivity index (χ0n) is 20.1. The number of nitrogens with one attached hydrogen (secondary N) is 2. The first-order chi connectivity index (χ1) is 17.9. The van der Waals surface area contributed by atoms with Gasteiger partial charge in [0, 0.05) is 34.9 Å². The normalized spacial score (nSPS) is 12.0. The van der Waals surface area contributed by atoms with Crippen molar-refractivity contribution in [3.8, 4) is 11.1 Å². The maximum atomic E-state index is 14.0. The van der Waals surface area contributed by atoms with Crippen LogP contribution in [0.3, 0.4) is 0 Å². The molecule has 2 heterocycles. The second-order valence-corrected chi connectivity index (χ2v) is 9.09. The van der Waals surface area contributed by atoms with Crippen LogP contribution in [-0.4, -0.2) is 15.9 Å². The van der Waals surface area contributed by atoms with Gasteiger partial charge >= 0.3 is 0 Å². The third-order valence-electron chi connectivity index (χ3n) is 6.28. The predicted molar refractivity (Wildman–Crippen MR) is 137 cm³/mol. The van der Waals surface area contributed by atoms with Crippen molar-refractivity contribution in [1.29, 1.82) is 0 Å². The predicted octanol–water partition coefficient (Wildman–Crippen LogP) is 6.60. The highest BCUT2D eigenvalue weighted by molar-refractivity contribution is 5.89.